The van der Waals surface area contributed by atoms with Crippen LogP contribution in [-0.2, 0) is 22.5 Å². The van der Waals surface area contributed by atoms with E-state index in [-0.39, 0.29) is 24.1 Å². The van der Waals surface area contributed by atoms with E-state index in [0.29, 0.717) is 38.2 Å². The van der Waals surface area contributed by atoms with Gasteiger partial charge in [-0.3, -0.25) is 4.79 Å². The van der Waals surface area contributed by atoms with Crippen LogP contribution in [0.25, 0.3) is 10.9 Å². The Morgan fingerprint density at radius 2 is 2.00 bits per heavy atom. The number of carbonyl (C=O) groups is 2. The molecule has 9 heteroatoms. The van der Waals surface area contributed by atoms with Crippen LogP contribution in [0.5, 0.6) is 0 Å². The first-order valence-corrected chi connectivity index (χ1v) is 13.9. The molecule has 0 radical (unpaired) electrons. The summed E-state index contributed by atoms with van der Waals surface area (Å²) in [5, 5.41) is 12.8. The third-order valence-electron chi connectivity index (χ3n) is 7.37. The van der Waals surface area contributed by atoms with Crippen molar-refractivity contribution in [1.29, 1.82) is 0 Å². The topological polar surface area (TPSA) is 83.8 Å². The predicted octanol–water partition coefficient (Wildman–Crippen LogP) is 5.86. The monoisotopic (exact) mass is 587 g/mol. The quantitative estimate of drug-likeness (QED) is 0.291. The van der Waals surface area contributed by atoms with Gasteiger partial charge in [-0.25, -0.2) is 9.18 Å². The number of hydrogen-bond donors (Lipinski definition) is 2. The van der Waals surface area contributed by atoms with E-state index in [1.807, 2.05) is 42.2 Å². The fraction of sp³-hybridized carbons (Fsp3) is 0.448. The van der Waals surface area contributed by atoms with E-state index in [1.54, 1.807) is 13.2 Å². The molecule has 0 aliphatic carbocycles. The number of carbonyl (C=O) groups excluding carboxylic acids is 1. The van der Waals surface area contributed by atoms with Crippen molar-refractivity contribution in [1.82, 2.24) is 14.8 Å². The Bertz CT molecular complexity index is 1280. The first kappa shape index (κ1) is 28.1. The second-order valence-electron chi connectivity index (χ2n) is 10.0. The Morgan fingerprint density at radius 1 is 1.24 bits per heavy atom. The van der Waals surface area contributed by atoms with Crippen LogP contribution in [0.3, 0.4) is 0 Å². The van der Waals surface area contributed by atoms with Crippen LogP contribution in [0, 0.1) is 12.7 Å². The second-order valence-corrected chi connectivity index (χ2v) is 10.9. The highest BCUT2D eigenvalue weighted by molar-refractivity contribution is 9.10. The molecule has 2 amide bonds. The number of carboxylic acid groups (broad SMARTS) is 1. The molecule has 2 heterocycles. The SMILES string of the molecule is COCCCn1c(C2CCCN(C(=O)C[C@@H](Cc3ccc(Br)cc3)NC(=O)O)C2)c(C)c2cccc(F)c21. The Labute approximate surface area is 231 Å². The number of nitrogens with one attached hydrogen (secondary N) is 1. The van der Waals surface area contributed by atoms with Crippen molar-refractivity contribution < 1.29 is 23.8 Å². The predicted molar refractivity (Wildman–Crippen MR) is 149 cm³/mol. The minimum absolute atomic E-state index is 0.0689. The Morgan fingerprint density at radius 3 is 2.71 bits per heavy atom. The molecule has 1 saturated heterocycles. The molecule has 3 aromatic rings. The molecule has 1 unspecified atom stereocenters. The molecule has 1 aliphatic heterocycles. The highest BCUT2D eigenvalue weighted by Gasteiger charge is 2.31. The lowest BCUT2D eigenvalue weighted by Gasteiger charge is -2.35. The van der Waals surface area contributed by atoms with Crippen LogP contribution in [0.1, 0.15) is 48.4 Å². The van der Waals surface area contributed by atoms with Gasteiger partial charge in [-0.15, -0.1) is 0 Å². The van der Waals surface area contributed by atoms with E-state index in [2.05, 4.69) is 25.8 Å². The van der Waals surface area contributed by atoms with Gasteiger partial charge in [-0.2, -0.15) is 0 Å². The molecule has 7 nitrogen and oxygen atoms in total. The van der Waals surface area contributed by atoms with Gasteiger partial charge in [0.1, 0.15) is 5.82 Å². The molecule has 38 heavy (non-hydrogen) atoms. The minimum atomic E-state index is -1.14. The molecule has 1 fully saturated rings. The molecule has 2 aromatic carbocycles. The zero-order chi connectivity index (χ0) is 27.2. The molecule has 0 spiro atoms. The fourth-order valence-corrected chi connectivity index (χ4v) is 5.96. The Kier molecular flexibility index (Phi) is 9.44. The summed E-state index contributed by atoms with van der Waals surface area (Å²) in [6, 6.07) is 12.3. The third-order valence-corrected chi connectivity index (χ3v) is 7.90. The first-order valence-electron chi connectivity index (χ1n) is 13.1. The van der Waals surface area contributed by atoms with Crippen molar-refractivity contribution in [3.8, 4) is 0 Å². The lowest BCUT2D eigenvalue weighted by atomic mass is 9.91. The van der Waals surface area contributed by atoms with E-state index in [9.17, 15) is 19.1 Å². The van der Waals surface area contributed by atoms with Gasteiger partial charge in [0.25, 0.3) is 0 Å². The van der Waals surface area contributed by atoms with Crippen molar-refractivity contribution in [3.05, 3.63) is 69.6 Å². The summed E-state index contributed by atoms with van der Waals surface area (Å²) in [7, 11) is 1.66. The fourth-order valence-electron chi connectivity index (χ4n) is 5.70. The number of halogens is 2. The van der Waals surface area contributed by atoms with Crippen LogP contribution in [0.2, 0.25) is 0 Å². The van der Waals surface area contributed by atoms with Gasteiger partial charge in [-0.05, 0) is 61.9 Å². The average molecular weight is 589 g/mol. The summed E-state index contributed by atoms with van der Waals surface area (Å²) in [5.74, 6) is -0.246. The number of rotatable bonds is 10. The van der Waals surface area contributed by atoms with Crippen LogP contribution in [0.15, 0.2) is 46.9 Å². The first-order chi connectivity index (χ1) is 18.3. The zero-order valence-corrected chi connectivity index (χ0v) is 23.5. The number of ether oxygens (including phenoxy) is 1. The van der Waals surface area contributed by atoms with E-state index >= 15 is 0 Å². The van der Waals surface area contributed by atoms with Gasteiger partial charge < -0.3 is 24.6 Å². The summed E-state index contributed by atoms with van der Waals surface area (Å²) in [5.41, 5.74) is 3.69. The molecule has 0 saturated carbocycles. The molecule has 204 valence electrons. The summed E-state index contributed by atoms with van der Waals surface area (Å²) < 4.78 is 23.3. The van der Waals surface area contributed by atoms with Crippen LogP contribution in [0.4, 0.5) is 9.18 Å². The van der Waals surface area contributed by atoms with Crippen molar-refractivity contribution in [2.24, 2.45) is 0 Å². The Hall–Kier alpha value is -2.91. The second kappa shape index (κ2) is 12.8. The van der Waals surface area contributed by atoms with Crippen molar-refractivity contribution in [2.45, 2.75) is 57.5 Å². The van der Waals surface area contributed by atoms with Gasteiger partial charge in [-0.1, -0.05) is 40.2 Å². The van der Waals surface area contributed by atoms with Crippen molar-refractivity contribution in [3.63, 3.8) is 0 Å². The highest BCUT2D eigenvalue weighted by atomic mass is 79.9. The van der Waals surface area contributed by atoms with Gasteiger partial charge in [0, 0.05) is 67.3 Å². The number of para-hydroxylation sites is 1. The molecule has 2 N–H and O–H groups in total. The zero-order valence-electron chi connectivity index (χ0n) is 21.9. The van der Waals surface area contributed by atoms with Crippen LogP contribution in [-0.4, -0.2) is 59.4 Å². The van der Waals surface area contributed by atoms with E-state index in [4.69, 9.17) is 4.74 Å². The molecule has 4 rings (SSSR count). The smallest absolute Gasteiger partial charge is 0.404 e. The van der Waals surface area contributed by atoms with Gasteiger partial charge in [0.05, 0.1) is 5.52 Å². The number of benzene rings is 2. The summed E-state index contributed by atoms with van der Waals surface area (Å²) in [6.45, 7) is 4.41. The summed E-state index contributed by atoms with van der Waals surface area (Å²) >= 11 is 3.41. The number of aromatic nitrogens is 1. The van der Waals surface area contributed by atoms with Crippen LogP contribution < -0.4 is 5.32 Å². The highest BCUT2D eigenvalue weighted by Crippen LogP contribution is 2.36. The minimum Gasteiger partial charge on any atom is -0.465 e. The van der Waals surface area contributed by atoms with Gasteiger partial charge in [0.15, 0.2) is 0 Å². The third kappa shape index (κ3) is 6.56. The molecular weight excluding hydrogens is 553 g/mol. The van der Waals surface area contributed by atoms with E-state index in [1.165, 1.54) is 6.07 Å². The van der Waals surface area contributed by atoms with Crippen molar-refractivity contribution >= 4 is 38.8 Å². The maximum atomic E-state index is 15.0. The number of nitrogens with zero attached hydrogens (tertiary/aromatic N) is 2. The molecule has 2 atom stereocenters. The number of aryl methyl sites for hydroxylation is 2. The van der Waals surface area contributed by atoms with E-state index in [0.717, 1.165) is 45.9 Å². The number of fused-ring (bicyclic) bond motifs is 1. The number of likely N-dealkylation sites (tertiary alicyclic amines) is 1. The average Bonchev–Trinajstić information content (AvgIpc) is 3.17. The van der Waals surface area contributed by atoms with Crippen molar-refractivity contribution in [2.75, 3.05) is 26.8 Å². The van der Waals surface area contributed by atoms with Gasteiger partial charge >= 0.3 is 6.09 Å². The standard InChI is InChI=1S/C29H35BrFN3O4/c1-19-24-7-3-8-25(31)28(24)34(14-5-15-38-2)27(19)21-6-4-13-33(18-21)26(35)17-23(32-29(36)37)16-20-9-11-22(30)12-10-20/h3,7-12,21,23,32H,4-6,13-18H2,1-2H3,(H,36,37)/t21?,23-/m1/s1. The summed E-state index contributed by atoms with van der Waals surface area (Å²) in [4.78, 5) is 26.7. The normalized spacial score (nSPS) is 16.5. The lowest BCUT2D eigenvalue weighted by Crippen LogP contribution is -2.44. The number of piperidine rings is 1. The summed E-state index contributed by atoms with van der Waals surface area (Å²) in [6.07, 6.45) is 1.86. The van der Waals surface area contributed by atoms with Crippen LogP contribution >= 0.6 is 15.9 Å². The largest absolute Gasteiger partial charge is 0.465 e. The number of amides is 2. The number of hydrogen-bond acceptors (Lipinski definition) is 3. The van der Waals surface area contributed by atoms with Gasteiger partial charge in [0.2, 0.25) is 5.91 Å². The maximum absolute atomic E-state index is 15.0. The maximum Gasteiger partial charge on any atom is 0.404 e. The molecule has 0 bridgehead atoms. The lowest BCUT2D eigenvalue weighted by molar-refractivity contribution is -0.132. The molecular formula is C29H35BrFN3O4. The van der Waals surface area contributed by atoms with E-state index < -0.39 is 12.1 Å². The number of methoxy groups -OCH3 is 1. The molecule has 1 aliphatic rings. The molecule has 1 aromatic heterocycles. The Balaban J connectivity index is 1.54.